The molecule has 5 N–H and O–H groups in total. The van der Waals surface area contributed by atoms with Gasteiger partial charge in [0.1, 0.15) is 0 Å². The average molecular weight is 583 g/mol. The van der Waals surface area contributed by atoms with Gasteiger partial charge in [0.25, 0.3) is 5.91 Å². The Morgan fingerprint density at radius 2 is 1.65 bits per heavy atom. The highest BCUT2D eigenvalue weighted by molar-refractivity contribution is 5.97. The summed E-state index contributed by atoms with van der Waals surface area (Å²) in [7, 11) is 4.01. The highest BCUT2D eigenvalue weighted by Gasteiger charge is 2.38. The zero-order chi connectivity index (χ0) is 30.4. The number of nitrogens with one attached hydrogen (secondary N) is 1. The smallest absolute Gasteiger partial charge is 0.253 e. The van der Waals surface area contributed by atoms with Crippen molar-refractivity contribution in [2.75, 3.05) is 50.5 Å². The van der Waals surface area contributed by atoms with Gasteiger partial charge in [-0.3, -0.25) is 9.59 Å². The lowest BCUT2D eigenvalue weighted by Gasteiger charge is -2.42. The number of pyridine rings is 1. The maximum atomic E-state index is 13.1. The Bertz CT molecular complexity index is 1430. The highest BCUT2D eigenvalue weighted by atomic mass is 16.2. The van der Waals surface area contributed by atoms with E-state index in [-0.39, 0.29) is 29.2 Å². The molecule has 2 fully saturated rings. The van der Waals surface area contributed by atoms with E-state index in [4.69, 9.17) is 11.5 Å². The summed E-state index contributed by atoms with van der Waals surface area (Å²) in [5.74, 6) is 0.451. The standard InChI is InChI=1S/C33H42N8O2/c1-39-19-14-27(15-20-39)40(2)31(43)24-10-12-26(13-11-24)37-32(35)38-30-28(9-6-18-36-30)41-21-16-33(17-22-41,23-29(34)42)25-7-4-3-5-8-25/h3-13,18,27H,14-17,19-23H2,1-2H3,(H2,34,42)(H3,35,36,37,38). The lowest BCUT2D eigenvalue weighted by atomic mass is 9.70. The number of benzene rings is 2. The van der Waals surface area contributed by atoms with Crippen LogP contribution in [0.2, 0.25) is 0 Å². The fourth-order valence-corrected chi connectivity index (χ4v) is 6.33. The number of nitrogens with two attached hydrogens (primary N) is 2. The lowest BCUT2D eigenvalue weighted by molar-refractivity contribution is -0.119. The Morgan fingerprint density at radius 1 is 0.977 bits per heavy atom. The number of hydrogen-bond acceptors (Lipinski definition) is 6. The van der Waals surface area contributed by atoms with Gasteiger partial charge in [-0.1, -0.05) is 30.3 Å². The first kappa shape index (κ1) is 30.0. The van der Waals surface area contributed by atoms with Gasteiger partial charge in [0.05, 0.1) is 5.69 Å². The maximum absolute atomic E-state index is 13.1. The van der Waals surface area contributed by atoms with E-state index < -0.39 is 0 Å². The van der Waals surface area contributed by atoms with E-state index in [2.05, 4.69) is 44.3 Å². The van der Waals surface area contributed by atoms with E-state index in [0.29, 0.717) is 17.8 Å². The topological polar surface area (TPSA) is 133 Å². The number of piperidine rings is 2. The van der Waals surface area contributed by atoms with Crippen LogP contribution in [0.1, 0.15) is 48.0 Å². The molecule has 0 bridgehead atoms. The van der Waals surface area contributed by atoms with E-state index in [1.54, 1.807) is 6.20 Å². The van der Waals surface area contributed by atoms with Crippen molar-refractivity contribution >= 4 is 35.0 Å². The van der Waals surface area contributed by atoms with E-state index >= 15 is 0 Å². The van der Waals surface area contributed by atoms with Gasteiger partial charge in [-0.25, -0.2) is 4.98 Å². The van der Waals surface area contributed by atoms with Crippen molar-refractivity contribution in [3.05, 3.63) is 84.1 Å². The quantitative estimate of drug-likeness (QED) is 0.272. The highest BCUT2D eigenvalue weighted by Crippen LogP contribution is 2.41. The molecule has 226 valence electrons. The number of primary amides is 1. The van der Waals surface area contributed by atoms with Crippen molar-refractivity contribution < 1.29 is 9.59 Å². The molecule has 43 heavy (non-hydrogen) atoms. The Hall–Kier alpha value is -4.44. The zero-order valence-electron chi connectivity index (χ0n) is 25.1. The third-order valence-electron chi connectivity index (χ3n) is 8.91. The number of nitrogens with zero attached hydrogens (tertiary/aromatic N) is 5. The molecule has 2 aromatic carbocycles. The maximum Gasteiger partial charge on any atom is 0.253 e. The molecule has 2 amide bonds. The van der Waals surface area contributed by atoms with Crippen molar-refractivity contribution in [2.24, 2.45) is 16.5 Å². The summed E-state index contributed by atoms with van der Waals surface area (Å²) in [6, 6.07) is 21.6. The predicted octanol–water partition coefficient (Wildman–Crippen LogP) is 3.72. The van der Waals surface area contributed by atoms with Crippen molar-refractivity contribution in [3.63, 3.8) is 0 Å². The minimum absolute atomic E-state index is 0.0227. The number of guanidine groups is 1. The largest absolute Gasteiger partial charge is 0.370 e. The van der Waals surface area contributed by atoms with Crippen LogP contribution in [0.25, 0.3) is 0 Å². The second-order valence-electron chi connectivity index (χ2n) is 11.8. The monoisotopic (exact) mass is 582 g/mol. The molecular weight excluding hydrogens is 540 g/mol. The molecule has 0 aliphatic carbocycles. The SMILES string of the molecule is CN1CCC(N(C)C(=O)c2ccc(N/C(N)=N/c3ncccc3N3CCC(CC(N)=O)(c4ccccc4)CC3)cc2)CC1. The molecule has 0 spiro atoms. The molecule has 1 aromatic heterocycles. The second kappa shape index (κ2) is 13.2. The first-order chi connectivity index (χ1) is 20.7. The van der Waals surface area contributed by atoms with Gasteiger partial charge in [-0.15, -0.1) is 0 Å². The molecule has 2 aliphatic rings. The van der Waals surface area contributed by atoms with Crippen LogP contribution in [0.5, 0.6) is 0 Å². The van der Waals surface area contributed by atoms with E-state index in [9.17, 15) is 9.59 Å². The van der Waals surface area contributed by atoms with Gasteiger partial charge < -0.3 is 31.5 Å². The first-order valence-corrected chi connectivity index (χ1v) is 14.9. The number of carbonyl (C=O) groups excluding carboxylic acids is 2. The van der Waals surface area contributed by atoms with Gasteiger partial charge in [0.2, 0.25) is 5.91 Å². The summed E-state index contributed by atoms with van der Waals surface area (Å²) in [4.78, 5) is 40.6. The molecular formula is C33H42N8O2. The molecule has 5 rings (SSSR count). The Kier molecular flexibility index (Phi) is 9.25. The van der Waals surface area contributed by atoms with Crippen molar-refractivity contribution in [1.29, 1.82) is 0 Å². The lowest BCUT2D eigenvalue weighted by Crippen LogP contribution is -2.44. The summed E-state index contributed by atoms with van der Waals surface area (Å²) >= 11 is 0. The van der Waals surface area contributed by atoms with Crippen molar-refractivity contribution in [2.45, 2.75) is 43.6 Å². The minimum atomic E-state index is -0.288. The van der Waals surface area contributed by atoms with E-state index in [1.807, 2.05) is 66.5 Å². The van der Waals surface area contributed by atoms with Gasteiger partial charge in [0, 0.05) is 55.5 Å². The second-order valence-corrected chi connectivity index (χ2v) is 11.8. The third-order valence-corrected chi connectivity index (χ3v) is 8.91. The van der Waals surface area contributed by atoms with Crippen LogP contribution in [0, 0.1) is 0 Å². The Morgan fingerprint density at radius 3 is 2.30 bits per heavy atom. The summed E-state index contributed by atoms with van der Waals surface area (Å²) in [6.07, 6.45) is 5.55. The normalized spacial score (nSPS) is 17.8. The number of likely N-dealkylation sites (tertiary alicyclic amines) is 1. The van der Waals surface area contributed by atoms with Gasteiger partial charge in [-0.2, -0.15) is 4.99 Å². The summed E-state index contributed by atoms with van der Waals surface area (Å²) in [5.41, 5.74) is 15.1. The first-order valence-electron chi connectivity index (χ1n) is 14.9. The number of anilines is 2. The van der Waals surface area contributed by atoms with Crippen LogP contribution in [0.3, 0.4) is 0 Å². The van der Waals surface area contributed by atoms with Crippen LogP contribution in [-0.4, -0.2) is 78.9 Å². The fourth-order valence-electron chi connectivity index (χ4n) is 6.33. The van der Waals surface area contributed by atoms with Gasteiger partial charge >= 0.3 is 0 Å². The molecule has 0 radical (unpaired) electrons. The summed E-state index contributed by atoms with van der Waals surface area (Å²) in [5, 5.41) is 3.13. The van der Waals surface area contributed by atoms with Gasteiger partial charge in [0.15, 0.2) is 11.8 Å². The number of carbonyl (C=O) groups is 2. The van der Waals surface area contributed by atoms with Crippen molar-refractivity contribution in [3.8, 4) is 0 Å². The summed E-state index contributed by atoms with van der Waals surface area (Å²) < 4.78 is 0. The van der Waals surface area contributed by atoms with Crippen LogP contribution in [-0.2, 0) is 10.2 Å². The third kappa shape index (κ3) is 7.14. The van der Waals surface area contributed by atoms with Crippen LogP contribution in [0.15, 0.2) is 77.9 Å². The summed E-state index contributed by atoms with van der Waals surface area (Å²) in [6.45, 7) is 3.46. The number of hydrogen-bond donors (Lipinski definition) is 3. The number of aliphatic imine (C=N–C) groups is 1. The molecule has 2 aliphatic heterocycles. The van der Waals surface area contributed by atoms with Crippen LogP contribution in [0.4, 0.5) is 17.2 Å². The number of amides is 2. The molecule has 0 atom stereocenters. The van der Waals surface area contributed by atoms with Crippen LogP contribution < -0.4 is 21.7 Å². The molecule has 3 aromatic rings. The predicted molar refractivity (Wildman–Crippen MR) is 172 cm³/mol. The van der Waals surface area contributed by atoms with E-state index in [0.717, 1.165) is 68.8 Å². The van der Waals surface area contributed by atoms with Crippen molar-refractivity contribution in [1.82, 2.24) is 14.8 Å². The molecule has 0 saturated carbocycles. The molecule has 0 unspecified atom stereocenters. The molecule has 2 saturated heterocycles. The number of rotatable bonds is 8. The molecule has 10 heteroatoms. The van der Waals surface area contributed by atoms with Crippen LogP contribution >= 0.6 is 0 Å². The zero-order valence-corrected chi connectivity index (χ0v) is 25.1. The molecule has 3 heterocycles. The Balaban J connectivity index is 1.24. The number of aromatic nitrogens is 1. The minimum Gasteiger partial charge on any atom is -0.370 e. The van der Waals surface area contributed by atoms with Gasteiger partial charge in [-0.05, 0) is 87.8 Å². The average Bonchev–Trinajstić information content (AvgIpc) is 3.02. The fraction of sp³-hybridized carbons (Fsp3) is 0.394. The van der Waals surface area contributed by atoms with E-state index in [1.165, 1.54) is 0 Å². The molecule has 10 nitrogen and oxygen atoms in total. The Labute approximate surface area is 253 Å².